The summed E-state index contributed by atoms with van der Waals surface area (Å²) in [5.41, 5.74) is 2.39. The Morgan fingerprint density at radius 3 is 2.27 bits per heavy atom. The largest absolute Gasteiger partial charge is 0.344 e. The molecule has 114 valence electrons. The van der Waals surface area contributed by atoms with Crippen LogP contribution in [0.4, 0.5) is 5.69 Å². The van der Waals surface area contributed by atoms with Gasteiger partial charge in [-0.25, -0.2) is 4.99 Å². The highest BCUT2D eigenvalue weighted by atomic mass is 32.2. The molecule has 0 amide bonds. The molecule has 22 heavy (non-hydrogen) atoms. The molecule has 4 heteroatoms. The lowest BCUT2D eigenvalue weighted by Crippen LogP contribution is -2.27. The van der Waals surface area contributed by atoms with Gasteiger partial charge in [0.25, 0.3) is 0 Å². The molecule has 2 aromatic rings. The lowest BCUT2D eigenvalue weighted by molar-refractivity contribution is 0.553. The third kappa shape index (κ3) is 3.45. The van der Waals surface area contributed by atoms with Crippen LogP contribution in [0.3, 0.4) is 0 Å². The molecule has 3 nitrogen and oxygen atoms in total. The van der Waals surface area contributed by atoms with Crippen molar-refractivity contribution in [2.75, 3.05) is 27.2 Å². The van der Waals surface area contributed by atoms with Crippen molar-refractivity contribution in [3.05, 3.63) is 60.2 Å². The maximum absolute atomic E-state index is 4.88. The zero-order valence-corrected chi connectivity index (χ0v) is 13.9. The topological polar surface area (TPSA) is 18.8 Å². The number of likely N-dealkylation sites (N-methyl/N-ethyl adjacent to an activating group) is 2. The minimum Gasteiger partial charge on any atom is -0.344 e. The summed E-state index contributed by atoms with van der Waals surface area (Å²) < 4.78 is 0. The molecule has 0 unspecified atom stereocenters. The zero-order valence-electron chi connectivity index (χ0n) is 13.1. The Morgan fingerprint density at radius 1 is 0.909 bits per heavy atom. The molecule has 1 saturated heterocycles. The second-order valence-electron chi connectivity index (χ2n) is 5.50. The molecule has 3 rings (SSSR count). The third-order valence-corrected chi connectivity index (χ3v) is 4.91. The summed E-state index contributed by atoms with van der Waals surface area (Å²) >= 11 is 1.84. The van der Waals surface area contributed by atoms with E-state index >= 15 is 0 Å². The first-order valence-corrected chi connectivity index (χ1v) is 8.49. The molecule has 2 aromatic carbocycles. The molecule has 0 N–H and O–H groups in total. The second-order valence-corrected chi connectivity index (χ2v) is 6.51. The van der Waals surface area contributed by atoms with E-state index in [4.69, 9.17) is 4.99 Å². The molecule has 1 aliphatic heterocycles. The number of rotatable bonds is 4. The molecule has 0 bridgehead atoms. The van der Waals surface area contributed by atoms with Crippen LogP contribution < -0.4 is 0 Å². The van der Waals surface area contributed by atoms with Gasteiger partial charge in [-0.3, -0.25) is 0 Å². The van der Waals surface area contributed by atoms with E-state index in [1.165, 1.54) is 10.5 Å². The Labute approximate surface area is 136 Å². The first kappa shape index (κ1) is 15.0. The monoisotopic (exact) mass is 311 g/mol. The minimum absolute atomic E-state index is 0.967. The van der Waals surface area contributed by atoms with Gasteiger partial charge in [-0.05, 0) is 17.7 Å². The summed E-state index contributed by atoms with van der Waals surface area (Å²) in [6.07, 6.45) is 0. The molecule has 0 aliphatic carbocycles. The van der Waals surface area contributed by atoms with E-state index in [0.717, 1.165) is 30.5 Å². The molecular weight excluding hydrogens is 290 g/mol. The van der Waals surface area contributed by atoms with Gasteiger partial charge in [-0.2, -0.15) is 0 Å². The highest BCUT2D eigenvalue weighted by molar-refractivity contribution is 7.98. The normalized spacial score (nSPS) is 14.5. The van der Waals surface area contributed by atoms with Gasteiger partial charge in [0.05, 0.1) is 5.69 Å². The molecular formula is C18H21N3S. The SMILES string of the molecule is CN1CCN(C)C1=Nc1ccccc1SCc1ccccc1. The van der Waals surface area contributed by atoms with Gasteiger partial charge in [0.1, 0.15) is 0 Å². The van der Waals surface area contributed by atoms with Crippen molar-refractivity contribution < 1.29 is 0 Å². The van der Waals surface area contributed by atoms with Crippen molar-refractivity contribution in [2.45, 2.75) is 10.6 Å². The number of benzene rings is 2. The number of para-hydroxylation sites is 1. The maximum Gasteiger partial charge on any atom is 0.201 e. The molecule has 1 aliphatic rings. The van der Waals surface area contributed by atoms with Crippen LogP contribution >= 0.6 is 11.8 Å². The van der Waals surface area contributed by atoms with E-state index in [9.17, 15) is 0 Å². The standard InChI is InChI=1S/C18H21N3S/c1-20-12-13-21(2)18(20)19-16-10-6-7-11-17(16)22-14-15-8-4-3-5-9-15/h3-11H,12-14H2,1-2H3. The van der Waals surface area contributed by atoms with Crippen LogP contribution in [-0.4, -0.2) is 42.9 Å². The predicted octanol–water partition coefficient (Wildman–Crippen LogP) is 3.84. The molecule has 0 aromatic heterocycles. The van der Waals surface area contributed by atoms with Crippen LogP contribution in [0.1, 0.15) is 5.56 Å². The van der Waals surface area contributed by atoms with Crippen molar-refractivity contribution in [1.82, 2.24) is 9.80 Å². The Bertz CT molecular complexity index is 642. The fourth-order valence-electron chi connectivity index (χ4n) is 2.48. The van der Waals surface area contributed by atoms with Crippen LogP contribution in [0.25, 0.3) is 0 Å². The third-order valence-electron chi connectivity index (χ3n) is 3.78. The summed E-state index contributed by atoms with van der Waals surface area (Å²) in [7, 11) is 4.20. The zero-order chi connectivity index (χ0) is 15.4. The Kier molecular flexibility index (Phi) is 4.68. The van der Waals surface area contributed by atoms with E-state index in [0.29, 0.717) is 0 Å². The number of hydrogen-bond acceptors (Lipinski definition) is 2. The van der Waals surface area contributed by atoms with Gasteiger partial charge >= 0.3 is 0 Å². The second kappa shape index (κ2) is 6.88. The van der Waals surface area contributed by atoms with E-state index in [-0.39, 0.29) is 0 Å². The van der Waals surface area contributed by atoms with Gasteiger partial charge in [0.15, 0.2) is 0 Å². The fraction of sp³-hybridized carbons (Fsp3) is 0.278. The smallest absolute Gasteiger partial charge is 0.201 e. The molecule has 1 fully saturated rings. The predicted molar refractivity (Wildman–Crippen MR) is 94.8 cm³/mol. The van der Waals surface area contributed by atoms with Gasteiger partial charge < -0.3 is 9.80 Å². The average Bonchev–Trinajstić information content (AvgIpc) is 2.87. The Hall–Kier alpha value is -1.94. The summed E-state index contributed by atoms with van der Waals surface area (Å²) in [5.74, 6) is 2.02. The van der Waals surface area contributed by atoms with Crippen molar-refractivity contribution in [3.8, 4) is 0 Å². The quantitative estimate of drug-likeness (QED) is 0.799. The summed E-state index contributed by atoms with van der Waals surface area (Å²) in [6.45, 7) is 2.07. The highest BCUT2D eigenvalue weighted by Gasteiger charge is 2.20. The van der Waals surface area contributed by atoms with Gasteiger partial charge in [0.2, 0.25) is 5.96 Å². The lowest BCUT2D eigenvalue weighted by Gasteiger charge is -2.16. The van der Waals surface area contributed by atoms with E-state index in [1.54, 1.807) is 0 Å². The number of guanidine groups is 1. The van der Waals surface area contributed by atoms with Crippen molar-refractivity contribution in [3.63, 3.8) is 0 Å². The molecule has 0 spiro atoms. The number of hydrogen-bond donors (Lipinski definition) is 0. The van der Waals surface area contributed by atoms with Crippen molar-refractivity contribution >= 4 is 23.4 Å². The number of aliphatic imine (C=N–C) groups is 1. The summed E-state index contributed by atoms with van der Waals surface area (Å²) in [4.78, 5) is 10.5. The Morgan fingerprint density at radius 2 is 1.55 bits per heavy atom. The first-order valence-electron chi connectivity index (χ1n) is 7.51. The fourth-order valence-corrected chi connectivity index (χ4v) is 3.43. The summed E-state index contributed by atoms with van der Waals surface area (Å²) in [5, 5.41) is 0. The average molecular weight is 311 g/mol. The van der Waals surface area contributed by atoms with Gasteiger partial charge in [-0.1, -0.05) is 42.5 Å². The van der Waals surface area contributed by atoms with Gasteiger partial charge in [0, 0.05) is 37.8 Å². The van der Waals surface area contributed by atoms with E-state index < -0.39 is 0 Å². The van der Waals surface area contributed by atoms with Gasteiger partial charge in [-0.15, -0.1) is 11.8 Å². The molecule has 0 saturated carbocycles. The van der Waals surface area contributed by atoms with Crippen molar-refractivity contribution in [1.29, 1.82) is 0 Å². The van der Waals surface area contributed by atoms with Crippen LogP contribution in [0.5, 0.6) is 0 Å². The van der Waals surface area contributed by atoms with Crippen LogP contribution in [0, 0.1) is 0 Å². The van der Waals surface area contributed by atoms with Crippen LogP contribution in [0.15, 0.2) is 64.5 Å². The van der Waals surface area contributed by atoms with E-state index in [1.807, 2.05) is 11.8 Å². The van der Waals surface area contributed by atoms with Crippen LogP contribution in [-0.2, 0) is 5.75 Å². The highest BCUT2D eigenvalue weighted by Crippen LogP contribution is 2.32. The lowest BCUT2D eigenvalue weighted by atomic mass is 10.2. The van der Waals surface area contributed by atoms with E-state index in [2.05, 4.69) is 78.5 Å². The maximum atomic E-state index is 4.88. The number of thioether (sulfide) groups is 1. The number of nitrogens with zero attached hydrogens (tertiary/aromatic N) is 3. The summed E-state index contributed by atoms with van der Waals surface area (Å²) in [6, 6.07) is 19.0. The van der Waals surface area contributed by atoms with Crippen molar-refractivity contribution in [2.24, 2.45) is 4.99 Å². The molecule has 1 heterocycles. The molecule has 0 atom stereocenters. The Balaban J connectivity index is 1.80. The minimum atomic E-state index is 0.967. The molecule has 0 radical (unpaired) electrons. The van der Waals surface area contributed by atoms with Crippen LogP contribution in [0.2, 0.25) is 0 Å². The first-order chi connectivity index (χ1) is 10.7.